The van der Waals surface area contributed by atoms with Crippen LogP contribution in [0.25, 0.3) is 0 Å². The van der Waals surface area contributed by atoms with E-state index in [1.165, 1.54) is 0 Å². The van der Waals surface area contributed by atoms with Crippen molar-refractivity contribution in [2.75, 3.05) is 26.3 Å². The summed E-state index contributed by atoms with van der Waals surface area (Å²) >= 11 is 0. The summed E-state index contributed by atoms with van der Waals surface area (Å²) in [5.41, 5.74) is 0. The topological polar surface area (TPSA) is 48.7 Å². The molecule has 4 nitrogen and oxygen atoms in total. The van der Waals surface area contributed by atoms with Crippen LogP contribution in [0.2, 0.25) is 0 Å². The Morgan fingerprint density at radius 2 is 2.08 bits per heavy atom. The summed E-state index contributed by atoms with van der Waals surface area (Å²) in [5.74, 6) is 1.39. The molecule has 0 saturated carbocycles. The van der Waals surface area contributed by atoms with E-state index in [1.807, 2.05) is 0 Å². The molecule has 0 radical (unpaired) electrons. The minimum absolute atomic E-state index is 0.378. The predicted molar refractivity (Wildman–Crippen MR) is 53.5 cm³/mol. The molecule has 0 aromatic rings. The van der Waals surface area contributed by atoms with Gasteiger partial charge < -0.3 is 9.64 Å². The molecule has 1 aliphatic rings. The molecule has 1 saturated heterocycles. The zero-order valence-electron chi connectivity index (χ0n) is 8.34. The molecule has 0 unspecified atom stereocenters. The number of amidine groups is 2. The van der Waals surface area contributed by atoms with Crippen molar-refractivity contribution >= 4 is 11.7 Å². The van der Waals surface area contributed by atoms with Crippen LogP contribution in [-0.4, -0.2) is 42.9 Å². The van der Waals surface area contributed by atoms with Gasteiger partial charge in [0.15, 0.2) is 0 Å². The third kappa shape index (κ3) is 3.14. The van der Waals surface area contributed by atoms with Gasteiger partial charge in [-0.15, -0.1) is 0 Å². The Balaban J connectivity index is 2.58. The maximum atomic E-state index is 7.30. The van der Waals surface area contributed by atoms with E-state index in [-0.39, 0.29) is 0 Å². The second-order valence-corrected chi connectivity index (χ2v) is 3.07. The highest BCUT2D eigenvalue weighted by Crippen LogP contribution is 2.02. The minimum Gasteiger partial charge on any atom is -0.378 e. The third-order valence-electron chi connectivity index (χ3n) is 1.99. The first-order valence-electron chi connectivity index (χ1n) is 4.69. The summed E-state index contributed by atoms with van der Waals surface area (Å²) in [6.45, 7) is 7.12. The SMILES string of the molecule is CCC(=NC(C)=N)N1CCOCC1. The molecule has 0 aromatic heterocycles. The summed E-state index contributed by atoms with van der Waals surface area (Å²) in [5, 5.41) is 7.30. The molecule has 1 aliphatic heterocycles. The van der Waals surface area contributed by atoms with Crippen LogP contribution in [0.1, 0.15) is 20.3 Å². The second-order valence-electron chi connectivity index (χ2n) is 3.07. The highest BCUT2D eigenvalue weighted by Gasteiger charge is 2.13. The summed E-state index contributed by atoms with van der Waals surface area (Å²) in [6.07, 6.45) is 0.885. The number of nitrogens with one attached hydrogen (secondary N) is 1. The molecule has 4 heteroatoms. The first kappa shape index (κ1) is 10.2. The van der Waals surface area contributed by atoms with Crippen LogP contribution in [-0.2, 0) is 4.74 Å². The summed E-state index contributed by atoms with van der Waals surface area (Å²) < 4.78 is 5.25. The van der Waals surface area contributed by atoms with Gasteiger partial charge in [-0.2, -0.15) is 0 Å². The van der Waals surface area contributed by atoms with E-state index in [2.05, 4.69) is 16.8 Å². The van der Waals surface area contributed by atoms with Crippen molar-refractivity contribution in [2.45, 2.75) is 20.3 Å². The lowest BCUT2D eigenvalue weighted by Gasteiger charge is -2.29. The van der Waals surface area contributed by atoms with Gasteiger partial charge in [-0.05, 0) is 6.92 Å². The lowest BCUT2D eigenvalue weighted by atomic mass is 10.3. The maximum Gasteiger partial charge on any atom is 0.119 e. The van der Waals surface area contributed by atoms with Gasteiger partial charge in [-0.25, -0.2) is 4.99 Å². The van der Waals surface area contributed by atoms with E-state index >= 15 is 0 Å². The van der Waals surface area contributed by atoms with Gasteiger partial charge in [0.1, 0.15) is 11.7 Å². The Labute approximate surface area is 79.1 Å². The molecule has 0 aromatic carbocycles. The van der Waals surface area contributed by atoms with Crippen molar-refractivity contribution in [1.82, 2.24) is 4.90 Å². The average Bonchev–Trinajstić information content (AvgIpc) is 2.15. The molecule has 0 amide bonds. The van der Waals surface area contributed by atoms with E-state index in [4.69, 9.17) is 10.1 Å². The number of aliphatic imine (C=N–C) groups is 1. The normalized spacial score (nSPS) is 18.9. The van der Waals surface area contributed by atoms with E-state index in [0.717, 1.165) is 38.6 Å². The summed E-state index contributed by atoms with van der Waals surface area (Å²) in [4.78, 5) is 6.39. The van der Waals surface area contributed by atoms with Crippen molar-refractivity contribution in [3.8, 4) is 0 Å². The van der Waals surface area contributed by atoms with Gasteiger partial charge in [0, 0.05) is 19.5 Å². The van der Waals surface area contributed by atoms with E-state index in [1.54, 1.807) is 6.92 Å². The molecule has 1 fully saturated rings. The zero-order chi connectivity index (χ0) is 9.68. The summed E-state index contributed by atoms with van der Waals surface area (Å²) in [7, 11) is 0. The van der Waals surface area contributed by atoms with Crippen LogP contribution in [0.4, 0.5) is 0 Å². The number of hydrogen-bond acceptors (Lipinski definition) is 2. The Morgan fingerprint density at radius 3 is 2.54 bits per heavy atom. The van der Waals surface area contributed by atoms with Gasteiger partial charge >= 0.3 is 0 Å². The Bertz CT molecular complexity index is 207. The maximum absolute atomic E-state index is 7.30. The van der Waals surface area contributed by atoms with Crippen molar-refractivity contribution < 1.29 is 4.74 Å². The Morgan fingerprint density at radius 1 is 1.46 bits per heavy atom. The summed E-state index contributed by atoms with van der Waals surface area (Å²) in [6, 6.07) is 0. The highest BCUT2D eigenvalue weighted by molar-refractivity contribution is 5.94. The van der Waals surface area contributed by atoms with Crippen LogP contribution in [0.5, 0.6) is 0 Å². The lowest BCUT2D eigenvalue weighted by Crippen LogP contribution is -2.40. The number of ether oxygens (including phenoxy) is 1. The van der Waals surface area contributed by atoms with Gasteiger partial charge in [0.2, 0.25) is 0 Å². The monoisotopic (exact) mass is 183 g/mol. The van der Waals surface area contributed by atoms with Gasteiger partial charge in [-0.1, -0.05) is 6.92 Å². The van der Waals surface area contributed by atoms with E-state index < -0.39 is 0 Å². The predicted octanol–water partition coefficient (Wildman–Crippen LogP) is 1.12. The molecular weight excluding hydrogens is 166 g/mol. The first-order valence-corrected chi connectivity index (χ1v) is 4.69. The molecule has 1 rings (SSSR count). The number of morpholine rings is 1. The Kier molecular flexibility index (Phi) is 3.89. The van der Waals surface area contributed by atoms with Gasteiger partial charge in [0.25, 0.3) is 0 Å². The minimum atomic E-state index is 0.378. The van der Waals surface area contributed by atoms with Crippen LogP contribution in [0.3, 0.4) is 0 Å². The smallest absolute Gasteiger partial charge is 0.119 e. The van der Waals surface area contributed by atoms with Crippen LogP contribution < -0.4 is 0 Å². The molecule has 0 aliphatic carbocycles. The van der Waals surface area contributed by atoms with Crippen molar-refractivity contribution in [3.63, 3.8) is 0 Å². The van der Waals surface area contributed by atoms with E-state index in [0.29, 0.717) is 5.84 Å². The number of nitrogens with zero attached hydrogens (tertiary/aromatic N) is 2. The molecule has 0 bridgehead atoms. The van der Waals surface area contributed by atoms with Crippen molar-refractivity contribution in [3.05, 3.63) is 0 Å². The highest BCUT2D eigenvalue weighted by atomic mass is 16.5. The van der Waals surface area contributed by atoms with Crippen molar-refractivity contribution in [1.29, 1.82) is 5.41 Å². The van der Waals surface area contributed by atoms with Gasteiger partial charge in [-0.3, -0.25) is 5.41 Å². The molecule has 13 heavy (non-hydrogen) atoms. The molecule has 0 spiro atoms. The Hall–Kier alpha value is -0.900. The van der Waals surface area contributed by atoms with Crippen LogP contribution in [0, 0.1) is 5.41 Å². The van der Waals surface area contributed by atoms with Crippen molar-refractivity contribution in [2.24, 2.45) is 4.99 Å². The largest absolute Gasteiger partial charge is 0.378 e. The molecule has 0 atom stereocenters. The van der Waals surface area contributed by atoms with Crippen LogP contribution in [0.15, 0.2) is 4.99 Å². The quantitative estimate of drug-likeness (QED) is 0.489. The molecular formula is C9H17N3O. The number of rotatable bonds is 1. The van der Waals surface area contributed by atoms with Gasteiger partial charge in [0.05, 0.1) is 13.2 Å². The lowest BCUT2D eigenvalue weighted by molar-refractivity contribution is 0.0673. The fraction of sp³-hybridized carbons (Fsp3) is 0.778. The molecule has 1 N–H and O–H groups in total. The second kappa shape index (κ2) is 4.97. The number of hydrogen-bond donors (Lipinski definition) is 1. The third-order valence-corrected chi connectivity index (χ3v) is 1.99. The first-order chi connectivity index (χ1) is 6.24. The molecule has 74 valence electrons. The zero-order valence-corrected chi connectivity index (χ0v) is 8.34. The fourth-order valence-electron chi connectivity index (χ4n) is 1.39. The van der Waals surface area contributed by atoms with Crippen LogP contribution >= 0.6 is 0 Å². The molecule has 1 heterocycles. The average molecular weight is 183 g/mol. The van der Waals surface area contributed by atoms with E-state index in [9.17, 15) is 0 Å². The fourth-order valence-corrected chi connectivity index (χ4v) is 1.39. The standard InChI is InChI=1S/C9H17N3O/c1-3-9(11-8(2)10)12-4-6-13-7-5-12/h10H,3-7H2,1-2H3.